The average molecular weight is 264 g/mol. The third kappa shape index (κ3) is 2.12. The van der Waals surface area contributed by atoms with Crippen molar-refractivity contribution in [2.75, 3.05) is 0 Å². The van der Waals surface area contributed by atoms with Crippen LogP contribution in [-0.4, -0.2) is 23.4 Å². The summed E-state index contributed by atoms with van der Waals surface area (Å²) in [4.78, 5) is 10.8. The molecule has 0 saturated heterocycles. The lowest BCUT2D eigenvalue weighted by Crippen LogP contribution is -2.47. The second-order valence-corrected chi connectivity index (χ2v) is 3.96. The molecule has 18 heavy (non-hydrogen) atoms. The predicted molar refractivity (Wildman–Crippen MR) is 51.7 cm³/mol. The molecule has 0 amide bonds. The quantitative estimate of drug-likeness (QED) is 0.792. The Morgan fingerprint density at radius 2 is 2.06 bits per heavy atom. The van der Waals surface area contributed by atoms with Crippen LogP contribution >= 0.6 is 0 Å². The van der Waals surface area contributed by atoms with Gasteiger partial charge in [-0.05, 0) is 18.1 Å². The minimum Gasteiger partial charge on any atom is -0.481 e. The average Bonchev–Trinajstić information content (AvgIpc) is 2.26. The van der Waals surface area contributed by atoms with Gasteiger partial charge in [-0.2, -0.15) is 13.2 Å². The van der Waals surface area contributed by atoms with Crippen LogP contribution in [0, 0.1) is 11.7 Å². The number of para-hydroxylation sites is 1. The fourth-order valence-corrected chi connectivity index (χ4v) is 1.91. The van der Waals surface area contributed by atoms with E-state index < -0.39 is 42.2 Å². The van der Waals surface area contributed by atoms with Crippen molar-refractivity contribution in [2.24, 2.45) is 5.92 Å². The van der Waals surface area contributed by atoms with Crippen molar-refractivity contribution in [3.63, 3.8) is 0 Å². The van der Waals surface area contributed by atoms with Gasteiger partial charge in [0.15, 0.2) is 11.6 Å². The number of hydrogen-bond donors (Lipinski definition) is 1. The summed E-state index contributed by atoms with van der Waals surface area (Å²) in [6, 6.07) is 3.61. The molecule has 1 aromatic carbocycles. The number of alkyl halides is 3. The molecule has 0 radical (unpaired) electrons. The second kappa shape index (κ2) is 4.15. The van der Waals surface area contributed by atoms with Gasteiger partial charge < -0.3 is 9.84 Å². The summed E-state index contributed by atoms with van der Waals surface area (Å²) in [6.07, 6.45) is -7.80. The Kier molecular flexibility index (Phi) is 2.92. The van der Waals surface area contributed by atoms with Crippen LogP contribution in [-0.2, 0) is 11.2 Å². The van der Waals surface area contributed by atoms with Crippen molar-refractivity contribution in [1.29, 1.82) is 0 Å². The number of carboxylic acids is 1. The van der Waals surface area contributed by atoms with Crippen LogP contribution in [0.3, 0.4) is 0 Å². The Bertz CT molecular complexity index is 484. The Morgan fingerprint density at radius 1 is 1.39 bits per heavy atom. The van der Waals surface area contributed by atoms with E-state index in [1.165, 1.54) is 12.1 Å². The first-order valence-electron chi connectivity index (χ1n) is 5.04. The van der Waals surface area contributed by atoms with Crippen LogP contribution in [0.1, 0.15) is 5.56 Å². The highest BCUT2D eigenvalue weighted by atomic mass is 19.4. The molecule has 0 fully saturated rings. The van der Waals surface area contributed by atoms with Crippen LogP contribution in [0.15, 0.2) is 18.2 Å². The molecule has 1 aromatic rings. The van der Waals surface area contributed by atoms with Crippen LogP contribution in [0.25, 0.3) is 0 Å². The smallest absolute Gasteiger partial charge is 0.426 e. The number of rotatable bonds is 1. The van der Waals surface area contributed by atoms with Crippen molar-refractivity contribution in [1.82, 2.24) is 0 Å². The number of halogens is 4. The second-order valence-electron chi connectivity index (χ2n) is 3.96. The number of benzene rings is 1. The third-order valence-corrected chi connectivity index (χ3v) is 2.74. The van der Waals surface area contributed by atoms with Gasteiger partial charge in [0.25, 0.3) is 0 Å². The van der Waals surface area contributed by atoms with E-state index in [1.807, 2.05) is 0 Å². The molecule has 3 nitrogen and oxygen atoms in total. The van der Waals surface area contributed by atoms with Crippen molar-refractivity contribution in [2.45, 2.75) is 18.7 Å². The summed E-state index contributed by atoms with van der Waals surface area (Å²) >= 11 is 0. The normalized spacial score (nSPS) is 23.1. The van der Waals surface area contributed by atoms with Gasteiger partial charge in [0.1, 0.15) is 5.92 Å². The van der Waals surface area contributed by atoms with E-state index in [1.54, 1.807) is 0 Å². The SMILES string of the molecule is O=C(O)[C@H]1Cc2cccc(F)c2O[C@@H]1C(F)(F)F. The monoisotopic (exact) mass is 264 g/mol. The van der Waals surface area contributed by atoms with Gasteiger partial charge >= 0.3 is 12.1 Å². The van der Waals surface area contributed by atoms with Crippen LogP contribution in [0.4, 0.5) is 17.6 Å². The number of ether oxygens (including phenoxy) is 1. The van der Waals surface area contributed by atoms with Crippen molar-refractivity contribution >= 4 is 5.97 Å². The molecule has 2 atom stereocenters. The van der Waals surface area contributed by atoms with Gasteiger partial charge in [-0.1, -0.05) is 12.1 Å². The molecule has 0 spiro atoms. The minimum absolute atomic E-state index is 0.128. The first-order valence-corrected chi connectivity index (χ1v) is 5.04. The van der Waals surface area contributed by atoms with Crippen molar-refractivity contribution < 1.29 is 32.2 Å². The molecular formula is C11H8F4O3. The molecule has 1 aliphatic rings. The van der Waals surface area contributed by atoms with Gasteiger partial charge in [0, 0.05) is 0 Å². The van der Waals surface area contributed by atoms with Gasteiger partial charge in [-0.3, -0.25) is 4.79 Å². The summed E-state index contributed by atoms with van der Waals surface area (Å²) in [6.45, 7) is 0. The first-order chi connectivity index (χ1) is 8.30. The summed E-state index contributed by atoms with van der Waals surface area (Å²) in [7, 11) is 0. The third-order valence-electron chi connectivity index (χ3n) is 2.74. The lowest BCUT2D eigenvalue weighted by Gasteiger charge is -2.32. The highest BCUT2D eigenvalue weighted by molar-refractivity contribution is 5.72. The van der Waals surface area contributed by atoms with Crippen molar-refractivity contribution in [3.8, 4) is 5.75 Å². The van der Waals surface area contributed by atoms with Crippen LogP contribution in [0.2, 0.25) is 0 Å². The zero-order valence-corrected chi connectivity index (χ0v) is 8.87. The van der Waals surface area contributed by atoms with Gasteiger partial charge in [-0.15, -0.1) is 0 Å². The molecule has 7 heteroatoms. The van der Waals surface area contributed by atoms with Crippen molar-refractivity contribution in [3.05, 3.63) is 29.6 Å². The van der Waals surface area contributed by atoms with E-state index >= 15 is 0 Å². The maximum Gasteiger partial charge on any atom is 0.426 e. The molecule has 98 valence electrons. The predicted octanol–water partition coefficient (Wildman–Crippen LogP) is 2.39. The van der Waals surface area contributed by atoms with Gasteiger partial charge in [0.2, 0.25) is 6.10 Å². The topological polar surface area (TPSA) is 46.5 Å². The molecule has 0 aliphatic carbocycles. The fourth-order valence-electron chi connectivity index (χ4n) is 1.91. The van der Waals surface area contributed by atoms with E-state index in [4.69, 9.17) is 5.11 Å². The number of aliphatic carboxylic acids is 1. The summed E-state index contributed by atoms with van der Waals surface area (Å²) in [5.41, 5.74) is 0.128. The van der Waals surface area contributed by atoms with E-state index in [9.17, 15) is 22.4 Å². The molecule has 0 bridgehead atoms. The summed E-state index contributed by atoms with van der Waals surface area (Å²) in [5, 5.41) is 8.79. The lowest BCUT2D eigenvalue weighted by molar-refractivity contribution is -0.218. The number of hydrogen-bond acceptors (Lipinski definition) is 2. The zero-order chi connectivity index (χ0) is 13.5. The molecule has 1 heterocycles. The molecular weight excluding hydrogens is 256 g/mol. The molecule has 0 saturated carbocycles. The maximum absolute atomic E-state index is 13.3. The number of fused-ring (bicyclic) bond motifs is 1. The summed E-state index contributed by atoms with van der Waals surface area (Å²) in [5.74, 6) is -4.82. The zero-order valence-electron chi connectivity index (χ0n) is 8.87. The largest absolute Gasteiger partial charge is 0.481 e. The minimum atomic E-state index is -4.86. The Labute approximate surface area is 99.0 Å². The van der Waals surface area contributed by atoms with Crippen LogP contribution in [0.5, 0.6) is 5.75 Å². The standard InChI is InChI=1S/C11H8F4O3/c12-7-3-1-2-5-4-6(10(16)17)9(11(13,14)15)18-8(5)7/h1-3,6,9H,4H2,(H,16,17)/t6-,9-/m0/s1. The highest BCUT2D eigenvalue weighted by Gasteiger charge is 2.52. The fraction of sp³-hybridized carbons (Fsp3) is 0.364. The Hall–Kier alpha value is -1.79. The summed E-state index contributed by atoms with van der Waals surface area (Å²) < 4.78 is 55.8. The van der Waals surface area contributed by atoms with E-state index in [2.05, 4.69) is 4.74 Å². The van der Waals surface area contributed by atoms with E-state index in [-0.39, 0.29) is 5.56 Å². The maximum atomic E-state index is 13.3. The van der Waals surface area contributed by atoms with E-state index in [0.717, 1.165) is 6.07 Å². The molecule has 0 unspecified atom stereocenters. The van der Waals surface area contributed by atoms with Gasteiger partial charge in [-0.25, -0.2) is 4.39 Å². The van der Waals surface area contributed by atoms with Gasteiger partial charge in [0.05, 0.1) is 0 Å². The molecule has 2 rings (SSSR count). The first kappa shape index (κ1) is 12.7. The highest BCUT2D eigenvalue weighted by Crippen LogP contribution is 2.39. The molecule has 1 aliphatic heterocycles. The number of carboxylic acid groups (broad SMARTS) is 1. The lowest BCUT2D eigenvalue weighted by atomic mass is 9.90. The van der Waals surface area contributed by atoms with Crippen LogP contribution < -0.4 is 4.74 Å². The molecule has 1 N–H and O–H groups in total. The van der Waals surface area contributed by atoms with E-state index in [0.29, 0.717) is 0 Å². The number of carbonyl (C=O) groups is 1. The Morgan fingerprint density at radius 3 is 2.61 bits per heavy atom. The molecule has 0 aromatic heterocycles. The Balaban J connectivity index is 2.44.